The molecule has 0 saturated heterocycles. The third-order valence-corrected chi connectivity index (χ3v) is 15.3. The Kier molecular flexibility index (Phi) is 63.6. The molecule has 1 atom stereocenters. The van der Waals surface area contributed by atoms with Crippen LogP contribution in [0.5, 0.6) is 0 Å². The Morgan fingerprint density at radius 2 is 0.468 bits per heavy atom. The number of ether oxygens (including phenoxy) is 3. The molecular formula is C71H130O6. The van der Waals surface area contributed by atoms with E-state index in [1.54, 1.807) is 0 Å². The topological polar surface area (TPSA) is 78.9 Å². The van der Waals surface area contributed by atoms with Crippen molar-refractivity contribution >= 4 is 17.9 Å². The van der Waals surface area contributed by atoms with Gasteiger partial charge in [-0.05, 0) is 83.5 Å². The van der Waals surface area contributed by atoms with Gasteiger partial charge in [-0.25, -0.2) is 0 Å². The van der Waals surface area contributed by atoms with Crippen molar-refractivity contribution in [1.29, 1.82) is 0 Å². The summed E-state index contributed by atoms with van der Waals surface area (Å²) in [6, 6.07) is 0. The number of hydrogen-bond acceptors (Lipinski definition) is 6. The van der Waals surface area contributed by atoms with Crippen molar-refractivity contribution < 1.29 is 28.6 Å². The molecule has 0 amide bonds. The van der Waals surface area contributed by atoms with E-state index in [2.05, 4.69) is 69.4 Å². The van der Waals surface area contributed by atoms with Gasteiger partial charge in [-0.15, -0.1) is 0 Å². The first-order chi connectivity index (χ1) is 38.0. The van der Waals surface area contributed by atoms with E-state index >= 15 is 0 Å². The van der Waals surface area contributed by atoms with Gasteiger partial charge in [0.05, 0.1) is 0 Å². The van der Waals surface area contributed by atoms with Crippen LogP contribution in [0.15, 0.2) is 48.6 Å². The molecule has 0 aliphatic rings. The molecule has 0 N–H and O–H groups in total. The Bertz CT molecular complexity index is 1330. The third kappa shape index (κ3) is 64.1. The van der Waals surface area contributed by atoms with Crippen LogP contribution in [0.25, 0.3) is 0 Å². The Labute approximate surface area is 479 Å². The molecule has 0 aromatic heterocycles. The summed E-state index contributed by atoms with van der Waals surface area (Å²) in [7, 11) is 0. The van der Waals surface area contributed by atoms with Crippen LogP contribution < -0.4 is 0 Å². The van der Waals surface area contributed by atoms with Crippen molar-refractivity contribution in [2.24, 2.45) is 0 Å². The second kappa shape index (κ2) is 65.9. The highest BCUT2D eigenvalue weighted by Gasteiger charge is 2.19. The van der Waals surface area contributed by atoms with Crippen LogP contribution in [0.1, 0.15) is 367 Å². The molecule has 450 valence electrons. The van der Waals surface area contributed by atoms with Crippen molar-refractivity contribution in [2.45, 2.75) is 374 Å². The molecule has 0 bridgehead atoms. The maximum Gasteiger partial charge on any atom is 0.306 e. The fraction of sp³-hybridized carbons (Fsp3) is 0.845. The summed E-state index contributed by atoms with van der Waals surface area (Å²) in [5.41, 5.74) is 0. The first-order valence-electron chi connectivity index (χ1n) is 34.1. The lowest BCUT2D eigenvalue weighted by molar-refractivity contribution is -0.167. The van der Waals surface area contributed by atoms with Crippen molar-refractivity contribution in [3.63, 3.8) is 0 Å². The molecule has 0 fully saturated rings. The lowest BCUT2D eigenvalue weighted by atomic mass is 10.0. The predicted octanol–water partition coefficient (Wildman–Crippen LogP) is 23.3. The minimum absolute atomic E-state index is 0.0768. The number of esters is 3. The van der Waals surface area contributed by atoms with Crippen molar-refractivity contribution in [2.75, 3.05) is 13.2 Å². The summed E-state index contributed by atoms with van der Waals surface area (Å²) >= 11 is 0. The van der Waals surface area contributed by atoms with E-state index < -0.39 is 6.10 Å². The van der Waals surface area contributed by atoms with Crippen LogP contribution in [0.2, 0.25) is 0 Å². The van der Waals surface area contributed by atoms with Gasteiger partial charge >= 0.3 is 17.9 Å². The number of hydrogen-bond donors (Lipinski definition) is 0. The van der Waals surface area contributed by atoms with E-state index in [1.165, 1.54) is 244 Å². The van der Waals surface area contributed by atoms with Gasteiger partial charge in [-0.2, -0.15) is 0 Å². The molecule has 6 nitrogen and oxygen atoms in total. The minimum atomic E-state index is -0.782. The molecule has 0 aromatic rings. The Morgan fingerprint density at radius 1 is 0.260 bits per heavy atom. The summed E-state index contributed by atoms with van der Waals surface area (Å²) in [4.78, 5) is 38.4. The van der Waals surface area contributed by atoms with Gasteiger partial charge in [-0.1, -0.05) is 313 Å². The second-order valence-corrected chi connectivity index (χ2v) is 23.1. The first kappa shape index (κ1) is 74.4. The zero-order valence-corrected chi connectivity index (χ0v) is 51.7. The third-order valence-electron chi connectivity index (χ3n) is 15.3. The smallest absolute Gasteiger partial charge is 0.306 e. The summed E-state index contributed by atoms with van der Waals surface area (Å²) < 4.78 is 17.0. The molecule has 0 unspecified atom stereocenters. The number of allylic oxidation sites excluding steroid dienone is 8. The lowest BCUT2D eigenvalue weighted by Crippen LogP contribution is -2.30. The van der Waals surface area contributed by atoms with Gasteiger partial charge in [-0.3, -0.25) is 14.4 Å². The van der Waals surface area contributed by atoms with Gasteiger partial charge < -0.3 is 14.2 Å². The number of carbonyl (C=O) groups is 3. The number of carbonyl (C=O) groups excluding carboxylic acids is 3. The van der Waals surface area contributed by atoms with Crippen LogP contribution in [0.4, 0.5) is 0 Å². The van der Waals surface area contributed by atoms with Crippen LogP contribution in [0.3, 0.4) is 0 Å². The SMILES string of the molecule is CCCCC/C=C\C/C=C\C/C=C\CCCCCCC(=O)OC[C@H](COC(=O)CCCCCCCCCCCCC/C=C\CCCCCCCC)OC(=O)CCCCCCCCCCCCCCCCCCCCCCC. The van der Waals surface area contributed by atoms with Gasteiger partial charge in [0.1, 0.15) is 13.2 Å². The summed E-state index contributed by atoms with van der Waals surface area (Å²) in [5.74, 6) is -0.874. The van der Waals surface area contributed by atoms with Gasteiger partial charge in [0.15, 0.2) is 6.10 Å². The summed E-state index contributed by atoms with van der Waals surface area (Å²) in [6.07, 6.45) is 82.7. The molecule has 0 aromatic carbocycles. The Morgan fingerprint density at radius 3 is 0.766 bits per heavy atom. The number of rotatable bonds is 63. The monoisotopic (exact) mass is 1080 g/mol. The van der Waals surface area contributed by atoms with Crippen molar-refractivity contribution in [3.8, 4) is 0 Å². The average molecular weight is 1080 g/mol. The molecule has 0 heterocycles. The number of unbranched alkanes of at least 4 members (excludes halogenated alkanes) is 44. The van der Waals surface area contributed by atoms with Gasteiger partial charge in [0, 0.05) is 19.3 Å². The highest BCUT2D eigenvalue weighted by molar-refractivity contribution is 5.71. The van der Waals surface area contributed by atoms with E-state index in [4.69, 9.17) is 14.2 Å². The zero-order valence-electron chi connectivity index (χ0n) is 51.7. The predicted molar refractivity (Wildman–Crippen MR) is 335 cm³/mol. The maximum absolute atomic E-state index is 12.9. The lowest BCUT2D eigenvalue weighted by Gasteiger charge is -2.18. The molecule has 0 aliphatic heterocycles. The zero-order chi connectivity index (χ0) is 55.7. The standard InChI is InChI=1S/C71H130O6/c1-4-7-10-13-16-19-22-25-28-31-33-35-37-40-43-46-49-52-55-58-61-64-70(73)76-67-68(66-75-69(72)63-60-57-54-51-48-45-42-39-30-27-24-21-18-15-12-9-6-3)77-71(74)65-62-59-56-53-50-47-44-41-38-36-34-32-29-26-23-20-17-14-11-8-5-2/h18,21,25,27-28,30,42,45,68H,4-17,19-20,22-24,26,29,31-41,43-44,46-67H2,1-3H3/b21-18-,28-25-,30-27-,45-42-/t68-/m1/s1. The van der Waals surface area contributed by atoms with E-state index in [-0.39, 0.29) is 31.1 Å². The van der Waals surface area contributed by atoms with Crippen molar-refractivity contribution in [3.05, 3.63) is 48.6 Å². The van der Waals surface area contributed by atoms with Crippen LogP contribution in [-0.2, 0) is 28.6 Å². The highest BCUT2D eigenvalue weighted by Crippen LogP contribution is 2.18. The van der Waals surface area contributed by atoms with Gasteiger partial charge in [0.25, 0.3) is 0 Å². The van der Waals surface area contributed by atoms with Gasteiger partial charge in [0.2, 0.25) is 0 Å². The Balaban J connectivity index is 4.34. The molecule has 0 radical (unpaired) electrons. The molecule has 0 saturated carbocycles. The van der Waals surface area contributed by atoms with E-state index in [0.717, 1.165) is 83.5 Å². The van der Waals surface area contributed by atoms with Crippen molar-refractivity contribution in [1.82, 2.24) is 0 Å². The van der Waals surface area contributed by atoms with E-state index in [9.17, 15) is 14.4 Å². The minimum Gasteiger partial charge on any atom is -0.462 e. The molecule has 0 rings (SSSR count). The maximum atomic E-state index is 12.9. The molecular weight excluding hydrogens is 949 g/mol. The molecule has 0 aliphatic carbocycles. The van der Waals surface area contributed by atoms with Crippen LogP contribution in [-0.4, -0.2) is 37.2 Å². The van der Waals surface area contributed by atoms with E-state index in [1.807, 2.05) is 0 Å². The Hall–Kier alpha value is -2.63. The molecule has 0 spiro atoms. The average Bonchev–Trinajstić information content (AvgIpc) is 3.43. The summed E-state index contributed by atoms with van der Waals surface area (Å²) in [5, 5.41) is 0. The molecule has 77 heavy (non-hydrogen) atoms. The van der Waals surface area contributed by atoms with Crippen LogP contribution in [0, 0.1) is 0 Å². The largest absolute Gasteiger partial charge is 0.462 e. The summed E-state index contributed by atoms with van der Waals surface area (Å²) in [6.45, 7) is 6.66. The highest BCUT2D eigenvalue weighted by atomic mass is 16.6. The quantitative estimate of drug-likeness (QED) is 0.0261. The normalized spacial score (nSPS) is 12.3. The fourth-order valence-electron chi connectivity index (χ4n) is 10.2. The second-order valence-electron chi connectivity index (χ2n) is 23.1. The first-order valence-corrected chi connectivity index (χ1v) is 34.1. The molecule has 6 heteroatoms. The fourth-order valence-corrected chi connectivity index (χ4v) is 10.2. The van der Waals surface area contributed by atoms with E-state index in [0.29, 0.717) is 19.3 Å². The van der Waals surface area contributed by atoms with Crippen LogP contribution >= 0.6 is 0 Å².